The molecule has 0 radical (unpaired) electrons. The zero-order chi connectivity index (χ0) is 12.5. The molecule has 0 bridgehead atoms. The Hall–Kier alpha value is -1.83. The van der Waals surface area contributed by atoms with Crippen molar-refractivity contribution in [2.24, 2.45) is 0 Å². The van der Waals surface area contributed by atoms with Crippen molar-refractivity contribution in [2.45, 2.75) is 32.2 Å². The van der Waals surface area contributed by atoms with Crippen LogP contribution < -0.4 is 0 Å². The number of ketones is 1. The van der Waals surface area contributed by atoms with Crippen molar-refractivity contribution in [3.05, 3.63) is 59.4 Å². The maximum absolute atomic E-state index is 11.8. The third-order valence-electron chi connectivity index (χ3n) is 3.84. The summed E-state index contributed by atoms with van der Waals surface area (Å²) in [5, 5.41) is 0. The average molecular weight is 239 g/mol. The van der Waals surface area contributed by atoms with E-state index in [1.54, 1.807) is 0 Å². The molecule has 92 valence electrons. The number of hydrogen-bond acceptors (Lipinski definition) is 1. The van der Waals surface area contributed by atoms with Gasteiger partial charge in [0.1, 0.15) is 0 Å². The summed E-state index contributed by atoms with van der Waals surface area (Å²) in [5.74, 6) is 0.301. The molecule has 1 heterocycles. The normalized spacial score (nSPS) is 16.4. The van der Waals surface area contributed by atoms with Crippen LogP contribution in [-0.2, 0) is 6.42 Å². The van der Waals surface area contributed by atoms with Crippen LogP contribution in [0, 0.1) is 0 Å². The Morgan fingerprint density at radius 3 is 2.67 bits per heavy atom. The number of rotatable bonds is 2. The fourth-order valence-corrected chi connectivity index (χ4v) is 2.80. The highest BCUT2D eigenvalue weighted by molar-refractivity contribution is 5.98. The molecule has 1 unspecified atom stereocenters. The highest BCUT2D eigenvalue weighted by atomic mass is 16.1. The SMILES string of the molecule is CC(c1ccccc1)n1ccc2c1CCCC2=O. The topological polar surface area (TPSA) is 22.0 Å². The van der Waals surface area contributed by atoms with Gasteiger partial charge in [0.05, 0.1) is 6.04 Å². The van der Waals surface area contributed by atoms with E-state index in [0.29, 0.717) is 18.2 Å². The van der Waals surface area contributed by atoms with Gasteiger partial charge in [-0.3, -0.25) is 4.79 Å². The molecular weight excluding hydrogens is 222 g/mol. The number of carbonyl (C=O) groups is 1. The molecule has 2 aromatic rings. The third kappa shape index (κ3) is 1.78. The first-order valence-corrected chi connectivity index (χ1v) is 6.55. The minimum atomic E-state index is 0.292. The van der Waals surface area contributed by atoms with Crippen molar-refractivity contribution in [1.29, 1.82) is 0 Å². The van der Waals surface area contributed by atoms with Crippen LogP contribution in [-0.4, -0.2) is 10.4 Å². The Kier molecular flexibility index (Phi) is 2.78. The first-order chi connectivity index (χ1) is 8.77. The van der Waals surface area contributed by atoms with Crippen molar-refractivity contribution < 1.29 is 4.79 Å². The second kappa shape index (κ2) is 4.45. The van der Waals surface area contributed by atoms with E-state index in [1.807, 2.05) is 12.1 Å². The fraction of sp³-hybridized carbons (Fsp3) is 0.312. The minimum absolute atomic E-state index is 0.292. The Labute approximate surface area is 107 Å². The standard InChI is InChI=1S/C16H17NO/c1-12(13-6-3-2-4-7-13)17-11-10-14-15(17)8-5-9-16(14)18/h2-4,6-7,10-12H,5,8-9H2,1H3. The van der Waals surface area contributed by atoms with E-state index in [9.17, 15) is 4.79 Å². The van der Waals surface area contributed by atoms with Crippen molar-refractivity contribution in [1.82, 2.24) is 4.57 Å². The second-order valence-corrected chi connectivity index (χ2v) is 4.95. The first kappa shape index (κ1) is 11.3. The summed E-state index contributed by atoms with van der Waals surface area (Å²) in [7, 11) is 0. The molecule has 1 aromatic carbocycles. The minimum Gasteiger partial charge on any atom is -0.344 e. The van der Waals surface area contributed by atoms with E-state index in [2.05, 4.69) is 42.0 Å². The summed E-state index contributed by atoms with van der Waals surface area (Å²) in [6.45, 7) is 2.19. The lowest BCUT2D eigenvalue weighted by Gasteiger charge is -2.20. The molecule has 1 aromatic heterocycles. The average Bonchev–Trinajstić information content (AvgIpc) is 2.84. The number of hydrogen-bond donors (Lipinski definition) is 0. The molecule has 0 aliphatic heterocycles. The van der Waals surface area contributed by atoms with Crippen molar-refractivity contribution in [3.8, 4) is 0 Å². The molecule has 18 heavy (non-hydrogen) atoms. The van der Waals surface area contributed by atoms with Gasteiger partial charge in [-0.1, -0.05) is 30.3 Å². The zero-order valence-electron chi connectivity index (χ0n) is 10.6. The number of Topliss-reactive ketones (excluding diaryl/α,β-unsaturated/α-hetero) is 1. The van der Waals surface area contributed by atoms with Gasteiger partial charge in [0.15, 0.2) is 5.78 Å². The van der Waals surface area contributed by atoms with Crippen molar-refractivity contribution in [2.75, 3.05) is 0 Å². The van der Waals surface area contributed by atoms with E-state index < -0.39 is 0 Å². The summed E-state index contributed by atoms with van der Waals surface area (Å²) in [6.07, 6.45) is 4.77. The first-order valence-electron chi connectivity index (χ1n) is 6.55. The molecule has 2 heteroatoms. The Balaban J connectivity index is 2.01. The lowest BCUT2D eigenvalue weighted by atomic mass is 9.96. The van der Waals surface area contributed by atoms with Gasteiger partial charge >= 0.3 is 0 Å². The van der Waals surface area contributed by atoms with Crippen molar-refractivity contribution in [3.63, 3.8) is 0 Å². The molecule has 1 atom stereocenters. The molecule has 0 amide bonds. The number of carbonyl (C=O) groups excluding carboxylic acids is 1. The highest BCUT2D eigenvalue weighted by Gasteiger charge is 2.22. The van der Waals surface area contributed by atoms with Crippen LogP contribution in [0.2, 0.25) is 0 Å². The van der Waals surface area contributed by atoms with Crippen LogP contribution in [0.4, 0.5) is 0 Å². The Bertz CT molecular complexity index is 568. The molecule has 3 rings (SSSR count). The van der Waals surface area contributed by atoms with Gasteiger partial charge in [-0.05, 0) is 31.4 Å². The number of fused-ring (bicyclic) bond motifs is 1. The molecule has 0 spiro atoms. The molecule has 0 fully saturated rings. The number of benzene rings is 1. The van der Waals surface area contributed by atoms with Crippen LogP contribution in [0.25, 0.3) is 0 Å². The third-order valence-corrected chi connectivity index (χ3v) is 3.84. The van der Waals surface area contributed by atoms with E-state index in [0.717, 1.165) is 18.4 Å². The van der Waals surface area contributed by atoms with Crippen LogP contribution in [0.1, 0.15) is 47.4 Å². The van der Waals surface area contributed by atoms with Crippen molar-refractivity contribution >= 4 is 5.78 Å². The summed E-state index contributed by atoms with van der Waals surface area (Å²) in [4.78, 5) is 11.8. The lowest BCUT2D eigenvalue weighted by molar-refractivity contribution is 0.0971. The van der Waals surface area contributed by atoms with E-state index >= 15 is 0 Å². The van der Waals surface area contributed by atoms with Crippen LogP contribution in [0.15, 0.2) is 42.6 Å². The molecule has 0 saturated heterocycles. The second-order valence-electron chi connectivity index (χ2n) is 4.95. The Morgan fingerprint density at radius 1 is 1.11 bits per heavy atom. The van der Waals surface area contributed by atoms with Crippen LogP contribution in [0.3, 0.4) is 0 Å². The van der Waals surface area contributed by atoms with Gasteiger partial charge in [0.2, 0.25) is 0 Å². The predicted octanol–water partition coefficient (Wildman–Crippen LogP) is 3.62. The molecule has 0 saturated carbocycles. The maximum Gasteiger partial charge on any atom is 0.164 e. The van der Waals surface area contributed by atoms with Gasteiger partial charge in [0.25, 0.3) is 0 Å². The summed E-state index contributed by atoms with van der Waals surface area (Å²) in [5.41, 5.74) is 3.43. The largest absolute Gasteiger partial charge is 0.344 e. The molecular formula is C16H17NO. The van der Waals surface area contributed by atoms with E-state index in [1.165, 1.54) is 11.3 Å². The van der Waals surface area contributed by atoms with Gasteiger partial charge in [-0.25, -0.2) is 0 Å². The number of nitrogens with zero attached hydrogens (tertiary/aromatic N) is 1. The quantitative estimate of drug-likeness (QED) is 0.784. The molecule has 2 nitrogen and oxygen atoms in total. The summed E-state index contributed by atoms with van der Waals surface area (Å²) >= 11 is 0. The monoisotopic (exact) mass is 239 g/mol. The smallest absolute Gasteiger partial charge is 0.164 e. The molecule has 0 N–H and O–H groups in total. The fourth-order valence-electron chi connectivity index (χ4n) is 2.80. The van der Waals surface area contributed by atoms with Gasteiger partial charge < -0.3 is 4.57 Å². The summed E-state index contributed by atoms with van der Waals surface area (Å²) in [6, 6.07) is 12.7. The lowest BCUT2D eigenvalue weighted by Crippen LogP contribution is -2.15. The molecule has 1 aliphatic rings. The Morgan fingerprint density at radius 2 is 1.89 bits per heavy atom. The van der Waals surface area contributed by atoms with Crippen LogP contribution in [0.5, 0.6) is 0 Å². The molecule has 1 aliphatic carbocycles. The van der Waals surface area contributed by atoms with Crippen LogP contribution >= 0.6 is 0 Å². The van der Waals surface area contributed by atoms with Gasteiger partial charge in [0, 0.05) is 23.9 Å². The number of aromatic nitrogens is 1. The highest BCUT2D eigenvalue weighted by Crippen LogP contribution is 2.27. The zero-order valence-corrected chi connectivity index (χ0v) is 10.6. The van der Waals surface area contributed by atoms with E-state index in [4.69, 9.17) is 0 Å². The maximum atomic E-state index is 11.8. The summed E-state index contributed by atoms with van der Waals surface area (Å²) < 4.78 is 2.25. The van der Waals surface area contributed by atoms with Gasteiger partial charge in [-0.15, -0.1) is 0 Å². The van der Waals surface area contributed by atoms with Gasteiger partial charge in [-0.2, -0.15) is 0 Å². The van der Waals surface area contributed by atoms with E-state index in [-0.39, 0.29) is 0 Å². The predicted molar refractivity (Wildman–Crippen MR) is 72.0 cm³/mol.